The maximum Gasteiger partial charge on any atom is 0.419 e. The van der Waals surface area contributed by atoms with Crippen molar-refractivity contribution in [2.75, 3.05) is 0 Å². The van der Waals surface area contributed by atoms with Crippen LogP contribution >= 0.6 is 15.9 Å². The summed E-state index contributed by atoms with van der Waals surface area (Å²) in [5.41, 5.74) is -1.42. The fourth-order valence-corrected chi connectivity index (χ4v) is 2.34. The zero-order valence-electron chi connectivity index (χ0n) is 10.3. The molecule has 1 N–H and O–H groups in total. The van der Waals surface area contributed by atoms with Crippen molar-refractivity contribution in [3.05, 3.63) is 69.2 Å². The fourth-order valence-electron chi connectivity index (χ4n) is 1.86. The lowest BCUT2D eigenvalue weighted by Gasteiger charge is -2.14. The van der Waals surface area contributed by atoms with Gasteiger partial charge < -0.3 is 5.11 Å². The summed E-state index contributed by atoms with van der Waals surface area (Å²) in [6, 6.07) is 5.65. The summed E-state index contributed by atoms with van der Waals surface area (Å²) in [7, 11) is 0. The highest BCUT2D eigenvalue weighted by molar-refractivity contribution is 9.10. The summed E-state index contributed by atoms with van der Waals surface area (Å²) in [4.78, 5) is 0. The predicted octanol–water partition coefficient (Wildman–Crippen LogP) is 4.83. The van der Waals surface area contributed by atoms with Gasteiger partial charge in [-0.25, -0.2) is 8.78 Å². The second-order valence-corrected chi connectivity index (χ2v) is 5.26. The van der Waals surface area contributed by atoms with Gasteiger partial charge in [-0.05, 0) is 41.5 Å². The van der Waals surface area contributed by atoms with Crippen LogP contribution < -0.4 is 0 Å². The van der Waals surface area contributed by atoms with Crippen LogP contribution in [-0.4, -0.2) is 5.11 Å². The first-order chi connectivity index (χ1) is 9.68. The van der Waals surface area contributed by atoms with E-state index in [1.807, 2.05) is 0 Å². The van der Waals surface area contributed by atoms with Gasteiger partial charge in [-0.3, -0.25) is 0 Å². The molecule has 2 rings (SSSR count). The topological polar surface area (TPSA) is 20.2 Å². The van der Waals surface area contributed by atoms with E-state index in [9.17, 15) is 27.1 Å². The maximum atomic E-state index is 13.5. The Kier molecular flexibility index (Phi) is 4.34. The number of hydrogen-bond donors (Lipinski definition) is 1. The SMILES string of the molecule is OC(c1cc(F)cc(Br)c1)c1ccc(C(F)(F)F)c(F)c1. The molecule has 0 saturated heterocycles. The van der Waals surface area contributed by atoms with Crippen LogP contribution in [-0.2, 0) is 6.18 Å². The third-order valence-corrected chi connectivity index (χ3v) is 3.27. The van der Waals surface area contributed by atoms with Gasteiger partial charge >= 0.3 is 6.18 Å². The van der Waals surface area contributed by atoms with E-state index in [1.54, 1.807) is 0 Å². The smallest absolute Gasteiger partial charge is 0.384 e. The van der Waals surface area contributed by atoms with E-state index < -0.39 is 29.5 Å². The maximum absolute atomic E-state index is 13.5. The van der Waals surface area contributed by atoms with Gasteiger partial charge in [-0.1, -0.05) is 22.0 Å². The first-order valence-electron chi connectivity index (χ1n) is 5.69. The van der Waals surface area contributed by atoms with Crippen LogP contribution in [0.1, 0.15) is 22.8 Å². The van der Waals surface area contributed by atoms with Crippen LogP contribution in [0.5, 0.6) is 0 Å². The lowest BCUT2D eigenvalue weighted by molar-refractivity contribution is -0.140. The Morgan fingerprint density at radius 3 is 2.14 bits per heavy atom. The second kappa shape index (κ2) is 5.73. The highest BCUT2D eigenvalue weighted by atomic mass is 79.9. The molecule has 0 heterocycles. The molecule has 0 amide bonds. The summed E-state index contributed by atoms with van der Waals surface area (Å²) < 4.78 is 64.4. The van der Waals surface area contributed by atoms with Gasteiger partial charge in [0.2, 0.25) is 0 Å². The van der Waals surface area contributed by atoms with Crippen molar-refractivity contribution >= 4 is 15.9 Å². The molecule has 1 atom stereocenters. The third-order valence-electron chi connectivity index (χ3n) is 2.81. The van der Waals surface area contributed by atoms with Crippen LogP contribution in [0.4, 0.5) is 22.0 Å². The molecule has 0 aromatic heterocycles. The Morgan fingerprint density at radius 1 is 0.952 bits per heavy atom. The Hall–Kier alpha value is -1.47. The quantitative estimate of drug-likeness (QED) is 0.755. The summed E-state index contributed by atoms with van der Waals surface area (Å²) in [6.07, 6.45) is -6.25. The zero-order valence-corrected chi connectivity index (χ0v) is 11.8. The minimum atomic E-state index is -4.81. The monoisotopic (exact) mass is 366 g/mol. The molecule has 2 aromatic rings. The van der Waals surface area contributed by atoms with Crippen LogP contribution in [0.25, 0.3) is 0 Å². The number of benzene rings is 2. The number of hydrogen-bond acceptors (Lipinski definition) is 1. The van der Waals surface area contributed by atoms with Crippen molar-refractivity contribution in [3.8, 4) is 0 Å². The van der Waals surface area contributed by atoms with Crippen molar-refractivity contribution in [1.29, 1.82) is 0 Å². The Bertz CT molecular complexity index is 649. The lowest BCUT2D eigenvalue weighted by Crippen LogP contribution is -2.09. The summed E-state index contributed by atoms with van der Waals surface area (Å²) in [6.45, 7) is 0. The number of aliphatic hydroxyl groups is 1. The third kappa shape index (κ3) is 3.59. The first kappa shape index (κ1) is 15.9. The molecule has 0 spiro atoms. The van der Waals surface area contributed by atoms with Gasteiger partial charge in [-0.2, -0.15) is 13.2 Å². The van der Waals surface area contributed by atoms with E-state index >= 15 is 0 Å². The van der Waals surface area contributed by atoms with Crippen molar-refractivity contribution in [2.45, 2.75) is 12.3 Å². The zero-order chi connectivity index (χ0) is 15.8. The predicted molar refractivity (Wildman–Crippen MR) is 69.6 cm³/mol. The molecule has 0 bridgehead atoms. The largest absolute Gasteiger partial charge is 0.419 e. The van der Waals surface area contributed by atoms with Crippen LogP contribution in [0, 0.1) is 11.6 Å². The molecule has 0 aliphatic carbocycles. The first-order valence-corrected chi connectivity index (χ1v) is 6.48. The van der Waals surface area contributed by atoms with Crippen LogP contribution in [0.2, 0.25) is 0 Å². The Balaban J connectivity index is 2.40. The minimum absolute atomic E-state index is 0.0982. The van der Waals surface area contributed by atoms with Crippen LogP contribution in [0.15, 0.2) is 40.9 Å². The van der Waals surface area contributed by atoms with E-state index in [2.05, 4.69) is 15.9 Å². The molecule has 1 unspecified atom stereocenters. The second-order valence-electron chi connectivity index (χ2n) is 4.34. The van der Waals surface area contributed by atoms with Gasteiger partial charge in [0.15, 0.2) is 0 Å². The molecule has 112 valence electrons. The molecule has 0 saturated carbocycles. The van der Waals surface area contributed by atoms with Gasteiger partial charge in [0, 0.05) is 4.47 Å². The van der Waals surface area contributed by atoms with Crippen molar-refractivity contribution in [2.24, 2.45) is 0 Å². The average molecular weight is 367 g/mol. The Labute approximate surface area is 125 Å². The molecule has 0 radical (unpaired) electrons. The van der Waals surface area contributed by atoms with Gasteiger partial charge in [-0.15, -0.1) is 0 Å². The molecule has 0 aliphatic rings. The normalized spacial score (nSPS) is 13.3. The van der Waals surface area contributed by atoms with Crippen molar-refractivity contribution in [1.82, 2.24) is 0 Å². The minimum Gasteiger partial charge on any atom is -0.384 e. The number of aliphatic hydroxyl groups excluding tert-OH is 1. The van der Waals surface area contributed by atoms with E-state index in [0.717, 1.165) is 18.2 Å². The fraction of sp³-hybridized carbons (Fsp3) is 0.143. The Morgan fingerprint density at radius 2 is 1.62 bits per heavy atom. The molecular weight excluding hydrogens is 359 g/mol. The lowest BCUT2D eigenvalue weighted by atomic mass is 10.00. The molecule has 0 fully saturated rings. The molecule has 0 aliphatic heterocycles. The number of halogens is 6. The van der Waals surface area contributed by atoms with Crippen molar-refractivity contribution in [3.63, 3.8) is 0 Å². The summed E-state index contributed by atoms with van der Waals surface area (Å²) in [5, 5.41) is 10.0. The van der Waals surface area contributed by atoms with Gasteiger partial charge in [0.05, 0.1) is 5.56 Å². The molecule has 1 nitrogen and oxygen atoms in total. The van der Waals surface area contributed by atoms with Gasteiger partial charge in [0.25, 0.3) is 0 Å². The van der Waals surface area contributed by atoms with Crippen molar-refractivity contribution < 1.29 is 27.1 Å². The summed E-state index contributed by atoms with van der Waals surface area (Å²) in [5.74, 6) is -2.12. The molecule has 2 aromatic carbocycles. The average Bonchev–Trinajstić information content (AvgIpc) is 2.35. The van der Waals surface area contributed by atoms with E-state index in [-0.39, 0.29) is 11.1 Å². The van der Waals surface area contributed by atoms with Gasteiger partial charge in [0.1, 0.15) is 17.7 Å². The highest BCUT2D eigenvalue weighted by Gasteiger charge is 2.34. The van der Waals surface area contributed by atoms with E-state index in [1.165, 1.54) is 6.07 Å². The highest BCUT2D eigenvalue weighted by Crippen LogP contribution is 2.33. The molecule has 21 heavy (non-hydrogen) atoms. The number of rotatable bonds is 2. The molecular formula is C14H8BrF5O. The summed E-state index contributed by atoms with van der Waals surface area (Å²) >= 11 is 3.03. The number of alkyl halides is 3. The molecule has 7 heteroatoms. The standard InChI is InChI=1S/C14H8BrF5O/c15-9-3-8(4-10(16)6-9)13(21)7-1-2-11(12(17)5-7)14(18,19)20/h1-6,13,21H. The van der Waals surface area contributed by atoms with E-state index in [4.69, 9.17) is 0 Å². The van der Waals surface area contributed by atoms with E-state index in [0.29, 0.717) is 16.6 Å². The van der Waals surface area contributed by atoms with Crippen LogP contribution in [0.3, 0.4) is 0 Å².